The minimum atomic E-state index is -5.05. The van der Waals surface area contributed by atoms with Gasteiger partial charge in [0.15, 0.2) is 0 Å². The van der Waals surface area contributed by atoms with Crippen molar-refractivity contribution in [2.45, 2.75) is 19.7 Å². The van der Waals surface area contributed by atoms with Crippen molar-refractivity contribution in [2.24, 2.45) is 0 Å². The van der Waals surface area contributed by atoms with Gasteiger partial charge in [0.1, 0.15) is 0 Å². The summed E-state index contributed by atoms with van der Waals surface area (Å²) in [5, 5.41) is 0. The van der Waals surface area contributed by atoms with Crippen LogP contribution >= 0.6 is 15.9 Å². The van der Waals surface area contributed by atoms with Gasteiger partial charge in [-0.2, -0.15) is 0 Å². The van der Waals surface area contributed by atoms with E-state index in [0.29, 0.717) is 0 Å². The SMILES string of the molecule is Cc1cc(Br)c(C(F)F)c(OC(F)(F)F)n1. The molecule has 1 aromatic heterocycles. The van der Waals surface area contributed by atoms with E-state index in [1.54, 1.807) is 0 Å². The topological polar surface area (TPSA) is 22.1 Å². The van der Waals surface area contributed by atoms with Crippen LogP contribution in [0.4, 0.5) is 22.0 Å². The Bertz CT molecular complexity index is 393. The van der Waals surface area contributed by atoms with Crippen molar-refractivity contribution in [3.8, 4) is 5.88 Å². The van der Waals surface area contributed by atoms with Gasteiger partial charge in [0.05, 0.1) is 5.56 Å². The number of halogens is 6. The van der Waals surface area contributed by atoms with E-state index in [-0.39, 0.29) is 10.2 Å². The molecule has 0 aliphatic carbocycles. The largest absolute Gasteiger partial charge is 0.574 e. The molecule has 0 aliphatic rings. The lowest BCUT2D eigenvalue weighted by Crippen LogP contribution is -2.19. The first-order valence-electron chi connectivity index (χ1n) is 3.91. The van der Waals surface area contributed by atoms with Gasteiger partial charge in [-0.25, -0.2) is 13.8 Å². The lowest BCUT2D eigenvalue weighted by molar-refractivity contribution is -0.276. The molecule has 1 heterocycles. The van der Waals surface area contributed by atoms with Crippen LogP contribution in [-0.2, 0) is 0 Å². The molecule has 90 valence electrons. The Kier molecular flexibility index (Phi) is 3.72. The van der Waals surface area contributed by atoms with Crippen molar-refractivity contribution >= 4 is 15.9 Å². The molecule has 0 amide bonds. The highest BCUT2D eigenvalue weighted by Gasteiger charge is 2.35. The minimum absolute atomic E-state index is 0.135. The zero-order valence-corrected chi connectivity index (χ0v) is 9.36. The molecule has 0 radical (unpaired) electrons. The second kappa shape index (κ2) is 4.52. The van der Waals surface area contributed by atoms with Gasteiger partial charge < -0.3 is 4.74 Å². The van der Waals surface area contributed by atoms with Gasteiger partial charge in [-0.15, -0.1) is 13.2 Å². The first-order chi connectivity index (χ1) is 7.20. The van der Waals surface area contributed by atoms with Crippen molar-refractivity contribution in [2.75, 3.05) is 0 Å². The number of hydrogen-bond donors (Lipinski definition) is 0. The lowest BCUT2D eigenvalue weighted by Gasteiger charge is -2.13. The summed E-state index contributed by atoms with van der Waals surface area (Å²) in [6.45, 7) is 1.36. The van der Waals surface area contributed by atoms with Crippen LogP contribution in [0.1, 0.15) is 17.7 Å². The Labute approximate surface area is 95.6 Å². The molecule has 2 nitrogen and oxygen atoms in total. The molecule has 8 heteroatoms. The van der Waals surface area contributed by atoms with Gasteiger partial charge in [0.2, 0.25) is 5.88 Å². The van der Waals surface area contributed by atoms with Crippen LogP contribution in [0.15, 0.2) is 10.5 Å². The van der Waals surface area contributed by atoms with Crippen LogP contribution in [0.25, 0.3) is 0 Å². The molecule has 0 saturated heterocycles. The summed E-state index contributed by atoms with van der Waals surface area (Å²) in [7, 11) is 0. The smallest absolute Gasteiger partial charge is 0.387 e. The predicted molar refractivity (Wildman–Crippen MR) is 48.3 cm³/mol. The van der Waals surface area contributed by atoms with Gasteiger partial charge in [-0.05, 0) is 13.0 Å². The second-order valence-corrected chi connectivity index (χ2v) is 3.67. The highest BCUT2D eigenvalue weighted by molar-refractivity contribution is 9.10. The van der Waals surface area contributed by atoms with E-state index in [1.165, 1.54) is 13.0 Å². The standard InChI is InChI=1S/C8H5BrF5NO/c1-3-2-4(9)5(6(10)11)7(15-3)16-8(12,13)14/h2,6H,1H3. The molecular formula is C8H5BrF5NO. The summed E-state index contributed by atoms with van der Waals surface area (Å²) in [6, 6.07) is 1.19. The number of alkyl halides is 5. The highest BCUT2D eigenvalue weighted by atomic mass is 79.9. The normalized spacial score (nSPS) is 12.0. The van der Waals surface area contributed by atoms with E-state index in [9.17, 15) is 22.0 Å². The van der Waals surface area contributed by atoms with Gasteiger partial charge in [-0.3, -0.25) is 0 Å². The zero-order valence-electron chi connectivity index (χ0n) is 7.78. The average molecular weight is 306 g/mol. The lowest BCUT2D eigenvalue weighted by atomic mass is 10.2. The average Bonchev–Trinajstić information content (AvgIpc) is 1.96. The molecule has 0 N–H and O–H groups in total. The number of aryl methyl sites for hydroxylation is 1. The highest BCUT2D eigenvalue weighted by Crippen LogP contribution is 2.36. The fraction of sp³-hybridized carbons (Fsp3) is 0.375. The maximum Gasteiger partial charge on any atom is 0.574 e. The number of nitrogens with zero attached hydrogens (tertiary/aromatic N) is 1. The molecule has 16 heavy (non-hydrogen) atoms. The third-order valence-corrected chi connectivity index (χ3v) is 2.19. The summed E-state index contributed by atoms with van der Waals surface area (Å²) >= 11 is 2.74. The van der Waals surface area contributed by atoms with Crippen LogP contribution in [0, 0.1) is 6.92 Å². The molecule has 1 aromatic rings. The Morgan fingerprint density at radius 3 is 2.38 bits per heavy atom. The first-order valence-corrected chi connectivity index (χ1v) is 4.71. The Hall–Kier alpha value is -0.920. The van der Waals surface area contributed by atoms with Crippen molar-refractivity contribution in [1.82, 2.24) is 4.98 Å². The molecule has 0 unspecified atom stereocenters. The predicted octanol–water partition coefficient (Wildman–Crippen LogP) is 3.99. The van der Waals surface area contributed by atoms with E-state index in [2.05, 4.69) is 25.7 Å². The van der Waals surface area contributed by atoms with E-state index < -0.39 is 24.2 Å². The quantitative estimate of drug-likeness (QED) is 0.771. The maximum atomic E-state index is 12.5. The molecule has 0 saturated carbocycles. The third kappa shape index (κ3) is 3.29. The van der Waals surface area contributed by atoms with Crippen LogP contribution in [0.3, 0.4) is 0 Å². The summed E-state index contributed by atoms with van der Waals surface area (Å²) in [5.74, 6) is -1.13. The zero-order chi connectivity index (χ0) is 12.5. The number of hydrogen-bond acceptors (Lipinski definition) is 2. The first kappa shape index (κ1) is 13.1. The number of ether oxygens (including phenoxy) is 1. The van der Waals surface area contributed by atoms with Crippen LogP contribution < -0.4 is 4.74 Å². The Morgan fingerprint density at radius 1 is 1.38 bits per heavy atom. The molecule has 0 aromatic carbocycles. The Morgan fingerprint density at radius 2 is 1.94 bits per heavy atom. The van der Waals surface area contributed by atoms with Gasteiger partial charge in [-0.1, -0.05) is 15.9 Å². The van der Waals surface area contributed by atoms with Gasteiger partial charge >= 0.3 is 6.36 Å². The molecule has 0 bridgehead atoms. The second-order valence-electron chi connectivity index (χ2n) is 2.81. The van der Waals surface area contributed by atoms with Crippen LogP contribution in [0.2, 0.25) is 0 Å². The van der Waals surface area contributed by atoms with E-state index in [1.807, 2.05) is 0 Å². The molecular weight excluding hydrogens is 301 g/mol. The molecule has 0 atom stereocenters. The third-order valence-electron chi connectivity index (χ3n) is 1.53. The van der Waals surface area contributed by atoms with Crippen LogP contribution in [-0.4, -0.2) is 11.3 Å². The molecule has 0 spiro atoms. The molecule has 1 rings (SSSR count). The van der Waals surface area contributed by atoms with E-state index in [0.717, 1.165) is 0 Å². The fourth-order valence-corrected chi connectivity index (χ4v) is 1.67. The number of rotatable bonds is 2. The van der Waals surface area contributed by atoms with Crippen molar-refractivity contribution in [1.29, 1.82) is 0 Å². The summed E-state index contributed by atoms with van der Waals surface area (Å²) in [6.07, 6.45) is -8.16. The molecule has 0 aliphatic heterocycles. The van der Waals surface area contributed by atoms with Crippen molar-refractivity contribution in [3.05, 3.63) is 21.8 Å². The number of pyridine rings is 1. The van der Waals surface area contributed by atoms with Crippen molar-refractivity contribution in [3.63, 3.8) is 0 Å². The fourth-order valence-electron chi connectivity index (χ4n) is 1.00. The van der Waals surface area contributed by atoms with Gasteiger partial charge in [0.25, 0.3) is 6.43 Å². The summed E-state index contributed by atoms with van der Waals surface area (Å²) < 4.78 is 64.0. The summed E-state index contributed by atoms with van der Waals surface area (Å²) in [5.41, 5.74) is -0.779. The summed E-state index contributed by atoms with van der Waals surface area (Å²) in [4.78, 5) is 3.29. The van der Waals surface area contributed by atoms with Gasteiger partial charge in [0, 0.05) is 10.2 Å². The monoisotopic (exact) mass is 305 g/mol. The number of aromatic nitrogens is 1. The van der Waals surface area contributed by atoms with Crippen LogP contribution in [0.5, 0.6) is 5.88 Å². The van der Waals surface area contributed by atoms with E-state index in [4.69, 9.17) is 0 Å². The Balaban J connectivity index is 3.24. The maximum absolute atomic E-state index is 12.5. The minimum Gasteiger partial charge on any atom is -0.387 e. The van der Waals surface area contributed by atoms with E-state index >= 15 is 0 Å². The van der Waals surface area contributed by atoms with Crippen molar-refractivity contribution < 1.29 is 26.7 Å². The molecule has 0 fully saturated rings.